The Labute approximate surface area is 134 Å². The van der Waals surface area contributed by atoms with Crippen molar-refractivity contribution in [1.29, 1.82) is 0 Å². The number of carbonyl (C=O) groups excluding carboxylic acids is 1. The summed E-state index contributed by atoms with van der Waals surface area (Å²) in [5.41, 5.74) is 1.35. The van der Waals surface area contributed by atoms with Crippen LogP contribution in [-0.4, -0.2) is 22.7 Å². The highest BCUT2D eigenvalue weighted by molar-refractivity contribution is 7.09. The molecule has 0 radical (unpaired) electrons. The number of hydrogen-bond acceptors (Lipinski definition) is 5. The quantitative estimate of drug-likeness (QED) is 0.594. The number of benzene rings is 1. The third kappa shape index (κ3) is 4.93. The number of esters is 1. The van der Waals surface area contributed by atoms with Crippen LogP contribution in [0.1, 0.15) is 53.3 Å². The summed E-state index contributed by atoms with van der Waals surface area (Å²) in [4.78, 5) is 15.8. The van der Waals surface area contributed by atoms with Crippen LogP contribution < -0.4 is 0 Å². The van der Waals surface area contributed by atoms with Gasteiger partial charge in [0.15, 0.2) is 5.69 Å². The van der Waals surface area contributed by atoms with Gasteiger partial charge in [-0.2, -0.15) is 0 Å². The van der Waals surface area contributed by atoms with Gasteiger partial charge in [0, 0.05) is 5.38 Å². The van der Waals surface area contributed by atoms with E-state index in [1.807, 2.05) is 30.3 Å². The van der Waals surface area contributed by atoms with E-state index in [4.69, 9.17) is 4.74 Å². The molecule has 0 aliphatic carbocycles. The fourth-order valence-corrected chi connectivity index (χ4v) is 2.99. The first kappa shape index (κ1) is 16.6. The van der Waals surface area contributed by atoms with Crippen LogP contribution in [0.3, 0.4) is 0 Å². The van der Waals surface area contributed by atoms with E-state index in [1.54, 1.807) is 12.3 Å². The number of aryl methyl sites for hydroxylation is 1. The molecule has 1 aromatic heterocycles. The van der Waals surface area contributed by atoms with Gasteiger partial charge in [0.2, 0.25) is 0 Å². The van der Waals surface area contributed by atoms with Crippen molar-refractivity contribution in [1.82, 2.24) is 4.98 Å². The van der Waals surface area contributed by atoms with Gasteiger partial charge in [-0.1, -0.05) is 36.8 Å². The highest BCUT2D eigenvalue weighted by Gasteiger charge is 2.11. The zero-order chi connectivity index (χ0) is 15.8. The van der Waals surface area contributed by atoms with Crippen LogP contribution in [0.5, 0.6) is 0 Å². The largest absolute Gasteiger partial charge is 0.461 e. The van der Waals surface area contributed by atoms with Crippen LogP contribution in [0.15, 0.2) is 35.7 Å². The predicted molar refractivity (Wildman–Crippen MR) is 87.0 cm³/mol. The van der Waals surface area contributed by atoms with Gasteiger partial charge in [0.25, 0.3) is 0 Å². The lowest BCUT2D eigenvalue weighted by atomic mass is 10.0. The van der Waals surface area contributed by atoms with E-state index in [0.717, 1.165) is 36.3 Å². The maximum absolute atomic E-state index is 11.5. The third-order valence-electron chi connectivity index (χ3n) is 3.34. The summed E-state index contributed by atoms with van der Waals surface area (Å²) in [5.74, 6) is -0.357. The molecule has 2 rings (SSSR count). The second-order valence-corrected chi connectivity index (χ2v) is 5.96. The zero-order valence-corrected chi connectivity index (χ0v) is 13.5. The summed E-state index contributed by atoms with van der Waals surface area (Å²) in [6.07, 6.45) is 3.02. The summed E-state index contributed by atoms with van der Waals surface area (Å²) < 4.78 is 4.92. The molecule has 0 spiro atoms. The molecule has 1 N–H and O–H groups in total. The minimum absolute atomic E-state index is 0.357. The minimum atomic E-state index is -0.410. The Hall–Kier alpha value is -1.72. The number of carbonyl (C=O) groups is 1. The molecule has 2 aromatic rings. The summed E-state index contributed by atoms with van der Waals surface area (Å²) in [6.45, 7) is 2.15. The number of nitrogens with zero attached hydrogens (tertiary/aromatic N) is 1. The van der Waals surface area contributed by atoms with Crippen LogP contribution in [0, 0.1) is 0 Å². The number of ether oxygens (including phenoxy) is 1. The van der Waals surface area contributed by atoms with E-state index < -0.39 is 6.10 Å². The molecule has 0 saturated heterocycles. The average molecular weight is 319 g/mol. The minimum Gasteiger partial charge on any atom is -0.461 e. The zero-order valence-electron chi connectivity index (χ0n) is 12.7. The third-order valence-corrected chi connectivity index (χ3v) is 4.25. The fourth-order valence-electron chi connectivity index (χ4n) is 2.18. The number of rotatable bonds is 8. The van der Waals surface area contributed by atoms with Crippen LogP contribution in [-0.2, 0) is 11.2 Å². The summed E-state index contributed by atoms with van der Waals surface area (Å²) >= 11 is 1.48. The standard InChI is InChI=1S/C17H21NO3S/c1-2-21-17(20)14-12-22-16(18-14)11-7-6-10-15(19)13-8-4-3-5-9-13/h3-5,8-9,12,15,19H,2,6-7,10-11H2,1H3. The Bertz CT molecular complexity index is 583. The first-order chi connectivity index (χ1) is 10.7. The molecule has 0 aliphatic rings. The molecular formula is C17H21NO3S. The lowest BCUT2D eigenvalue weighted by Gasteiger charge is -2.10. The molecule has 118 valence electrons. The van der Waals surface area contributed by atoms with E-state index in [1.165, 1.54) is 11.3 Å². The van der Waals surface area contributed by atoms with Crippen LogP contribution in [0.4, 0.5) is 0 Å². The van der Waals surface area contributed by atoms with Crippen LogP contribution >= 0.6 is 11.3 Å². The second kappa shape index (κ2) is 8.66. The number of aromatic nitrogens is 1. The van der Waals surface area contributed by atoms with E-state index in [-0.39, 0.29) is 5.97 Å². The smallest absolute Gasteiger partial charge is 0.357 e. The van der Waals surface area contributed by atoms with Crippen molar-refractivity contribution in [3.63, 3.8) is 0 Å². The summed E-state index contributed by atoms with van der Waals surface area (Å²) in [7, 11) is 0. The molecule has 1 atom stereocenters. The first-order valence-electron chi connectivity index (χ1n) is 7.55. The first-order valence-corrected chi connectivity index (χ1v) is 8.43. The number of hydrogen-bond donors (Lipinski definition) is 1. The molecule has 22 heavy (non-hydrogen) atoms. The molecular weight excluding hydrogens is 298 g/mol. The second-order valence-electron chi connectivity index (χ2n) is 5.02. The molecule has 0 bridgehead atoms. The van der Waals surface area contributed by atoms with Crippen LogP contribution in [0.25, 0.3) is 0 Å². The highest BCUT2D eigenvalue weighted by Crippen LogP contribution is 2.20. The van der Waals surface area contributed by atoms with Crippen LogP contribution in [0.2, 0.25) is 0 Å². The van der Waals surface area contributed by atoms with Gasteiger partial charge in [-0.15, -0.1) is 11.3 Å². The van der Waals surface area contributed by atoms with Gasteiger partial charge < -0.3 is 9.84 Å². The van der Waals surface area contributed by atoms with Gasteiger partial charge in [-0.25, -0.2) is 9.78 Å². The lowest BCUT2D eigenvalue weighted by Crippen LogP contribution is -2.05. The topological polar surface area (TPSA) is 59.4 Å². The number of thiazole rings is 1. The van der Waals surface area contributed by atoms with Crippen molar-refractivity contribution in [3.8, 4) is 0 Å². The highest BCUT2D eigenvalue weighted by atomic mass is 32.1. The van der Waals surface area contributed by atoms with Gasteiger partial charge in [-0.3, -0.25) is 0 Å². The van der Waals surface area contributed by atoms with Gasteiger partial charge in [0.1, 0.15) is 0 Å². The maximum atomic E-state index is 11.5. The van der Waals surface area contributed by atoms with Gasteiger partial charge in [0.05, 0.1) is 17.7 Å². The summed E-state index contributed by atoms with van der Waals surface area (Å²) in [5, 5.41) is 12.8. The van der Waals surface area contributed by atoms with Crippen molar-refractivity contribution >= 4 is 17.3 Å². The number of aliphatic hydroxyl groups is 1. The van der Waals surface area contributed by atoms with E-state index in [2.05, 4.69) is 4.98 Å². The molecule has 0 saturated carbocycles. The molecule has 4 nitrogen and oxygen atoms in total. The fraction of sp³-hybridized carbons (Fsp3) is 0.412. The average Bonchev–Trinajstić information content (AvgIpc) is 3.01. The molecule has 1 aromatic carbocycles. The van der Waals surface area contributed by atoms with Crippen molar-refractivity contribution < 1.29 is 14.6 Å². The Kier molecular flexibility index (Phi) is 6.55. The van der Waals surface area contributed by atoms with Crippen molar-refractivity contribution in [2.24, 2.45) is 0 Å². The van der Waals surface area contributed by atoms with E-state index in [0.29, 0.717) is 12.3 Å². The molecule has 0 aliphatic heterocycles. The Morgan fingerprint density at radius 1 is 1.32 bits per heavy atom. The monoisotopic (exact) mass is 319 g/mol. The summed E-state index contributed by atoms with van der Waals surface area (Å²) in [6, 6.07) is 9.70. The Morgan fingerprint density at radius 3 is 2.82 bits per heavy atom. The number of unbranched alkanes of at least 4 members (excludes halogenated alkanes) is 1. The van der Waals surface area contributed by atoms with Crippen molar-refractivity contribution in [2.45, 2.75) is 38.7 Å². The molecule has 0 fully saturated rings. The normalized spacial score (nSPS) is 12.1. The van der Waals surface area contributed by atoms with Crippen molar-refractivity contribution in [3.05, 3.63) is 52.0 Å². The number of aliphatic hydroxyl groups excluding tert-OH is 1. The predicted octanol–water partition coefficient (Wildman–Crippen LogP) is 3.77. The molecule has 1 heterocycles. The van der Waals surface area contributed by atoms with Crippen molar-refractivity contribution in [2.75, 3.05) is 6.61 Å². The lowest BCUT2D eigenvalue weighted by molar-refractivity contribution is 0.0520. The maximum Gasteiger partial charge on any atom is 0.357 e. The Balaban J connectivity index is 1.72. The van der Waals surface area contributed by atoms with E-state index >= 15 is 0 Å². The Morgan fingerprint density at radius 2 is 2.09 bits per heavy atom. The van der Waals surface area contributed by atoms with E-state index in [9.17, 15) is 9.90 Å². The van der Waals surface area contributed by atoms with Gasteiger partial charge in [-0.05, 0) is 31.7 Å². The molecule has 1 unspecified atom stereocenters. The SMILES string of the molecule is CCOC(=O)c1csc(CCCCC(O)c2ccccc2)n1. The van der Waals surface area contributed by atoms with Gasteiger partial charge >= 0.3 is 5.97 Å². The molecule has 5 heteroatoms. The molecule has 0 amide bonds.